The number of halogens is 3. The van der Waals surface area contributed by atoms with Crippen LogP contribution in [0.15, 0.2) is 35.3 Å². The summed E-state index contributed by atoms with van der Waals surface area (Å²) in [6.07, 6.45) is -4.05. The Morgan fingerprint density at radius 3 is 2.62 bits per heavy atom. The third kappa shape index (κ3) is 3.85. The molecule has 4 rings (SSSR count). The number of aromatic carboxylic acids is 1. The molecule has 170 valence electrons. The molecule has 0 aliphatic carbocycles. The van der Waals surface area contributed by atoms with Crippen molar-refractivity contribution in [1.29, 1.82) is 0 Å². The zero-order valence-corrected chi connectivity index (χ0v) is 17.7. The number of carboxylic acid groups (broad SMARTS) is 1. The average Bonchev–Trinajstić information content (AvgIpc) is 3.04. The predicted octanol–water partition coefficient (Wildman–Crippen LogP) is 4.50. The Morgan fingerprint density at radius 2 is 2.00 bits per heavy atom. The lowest BCUT2D eigenvalue weighted by Crippen LogP contribution is -2.35. The molecular formula is C22H22F3N3O4. The molecule has 0 saturated carbocycles. The van der Waals surface area contributed by atoms with Gasteiger partial charge in [-0.2, -0.15) is 18.3 Å². The molecule has 7 nitrogen and oxygen atoms in total. The number of rotatable bonds is 4. The van der Waals surface area contributed by atoms with Crippen molar-refractivity contribution in [2.75, 3.05) is 6.61 Å². The van der Waals surface area contributed by atoms with Gasteiger partial charge in [0.25, 0.3) is 0 Å². The first-order valence-electron chi connectivity index (χ1n) is 10.1. The summed E-state index contributed by atoms with van der Waals surface area (Å²) in [6, 6.07) is 6.03. The molecule has 1 aromatic carbocycles. The number of carboxylic acids is 1. The predicted molar refractivity (Wildman–Crippen MR) is 111 cm³/mol. The van der Waals surface area contributed by atoms with Crippen molar-refractivity contribution in [3.8, 4) is 17.1 Å². The number of ether oxygens (including phenoxy) is 1. The van der Waals surface area contributed by atoms with Gasteiger partial charge < -0.3 is 14.4 Å². The van der Waals surface area contributed by atoms with Crippen molar-refractivity contribution >= 4 is 16.9 Å². The molecule has 1 atom stereocenters. The second kappa shape index (κ2) is 7.39. The molecular weight excluding hydrogens is 427 g/mol. The smallest absolute Gasteiger partial charge is 0.392 e. The fourth-order valence-electron chi connectivity index (χ4n) is 4.02. The Balaban J connectivity index is 1.89. The Kier molecular flexibility index (Phi) is 5.06. The molecule has 0 spiro atoms. The van der Waals surface area contributed by atoms with Crippen LogP contribution >= 0.6 is 0 Å². The fourth-order valence-corrected chi connectivity index (χ4v) is 4.02. The minimum Gasteiger partial charge on any atom is -0.491 e. The zero-order valence-electron chi connectivity index (χ0n) is 17.7. The summed E-state index contributed by atoms with van der Waals surface area (Å²) >= 11 is 0. The number of fused-ring (bicyclic) bond motifs is 5. The van der Waals surface area contributed by atoms with Crippen LogP contribution in [0.5, 0.6) is 5.75 Å². The lowest BCUT2D eigenvalue weighted by molar-refractivity contribution is -0.139. The molecule has 3 heterocycles. The first-order valence-corrected chi connectivity index (χ1v) is 10.1. The Morgan fingerprint density at radius 1 is 1.28 bits per heavy atom. The molecule has 1 unspecified atom stereocenters. The van der Waals surface area contributed by atoms with E-state index in [0.29, 0.717) is 28.8 Å². The van der Waals surface area contributed by atoms with Gasteiger partial charge in [0.2, 0.25) is 0 Å². The second-order valence-corrected chi connectivity index (χ2v) is 8.93. The molecule has 0 fully saturated rings. The Hall–Kier alpha value is -3.30. The summed E-state index contributed by atoms with van der Waals surface area (Å²) in [5.41, 5.74) is 0.229. The molecule has 1 aliphatic heterocycles. The second-order valence-electron chi connectivity index (χ2n) is 8.93. The number of benzene rings is 1. The van der Waals surface area contributed by atoms with E-state index >= 15 is 0 Å². The van der Waals surface area contributed by atoms with E-state index in [-0.39, 0.29) is 22.8 Å². The third-order valence-corrected chi connectivity index (χ3v) is 5.61. The third-order valence-electron chi connectivity index (χ3n) is 5.61. The van der Waals surface area contributed by atoms with E-state index in [2.05, 4.69) is 5.10 Å². The van der Waals surface area contributed by atoms with Crippen molar-refractivity contribution in [3.05, 3.63) is 46.2 Å². The van der Waals surface area contributed by atoms with Gasteiger partial charge in [0.1, 0.15) is 16.8 Å². The molecule has 3 aromatic rings. The number of nitrogens with zero attached hydrogens (tertiary/aromatic N) is 3. The molecule has 0 bridgehead atoms. The van der Waals surface area contributed by atoms with Gasteiger partial charge in [0.15, 0.2) is 5.43 Å². The van der Waals surface area contributed by atoms with Gasteiger partial charge in [0, 0.05) is 17.6 Å². The normalized spacial score (nSPS) is 16.0. The molecule has 1 N–H and O–H groups in total. The van der Waals surface area contributed by atoms with Gasteiger partial charge >= 0.3 is 12.1 Å². The van der Waals surface area contributed by atoms with Crippen molar-refractivity contribution in [2.24, 2.45) is 5.41 Å². The van der Waals surface area contributed by atoms with Crippen LogP contribution < -0.4 is 10.2 Å². The van der Waals surface area contributed by atoms with Crippen LogP contribution in [-0.2, 0) is 6.54 Å². The minimum absolute atomic E-state index is 0.215. The zero-order chi connectivity index (χ0) is 23.4. The number of carbonyl (C=O) groups is 1. The van der Waals surface area contributed by atoms with E-state index in [1.165, 1.54) is 12.3 Å². The largest absolute Gasteiger partial charge is 0.491 e. The molecule has 0 radical (unpaired) electrons. The molecule has 0 amide bonds. The van der Waals surface area contributed by atoms with Crippen molar-refractivity contribution in [2.45, 2.75) is 46.0 Å². The summed E-state index contributed by atoms with van der Waals surface area (Å²) in [4.78, 5) is 24.1. The van der Waals surface area contributed by atoms with Crippen LogP contribution in [0.25, 0.3) is 22.3 Å². The highest BCUT2D eigenvalue weighted by atomic mass is 19.4. The van der Waals surface area contributed by atoms with Gasteiger partial charge in [-0.05, 0) is 11.5 Å². The SMILES string of the molecule is CC(C)(C)C1Cn2nc3c(OCCC(F)(F)F)cccc3c2-c2cc(=O)c(C(=O)O)cn21. The maximum atomic E-state index is 12.5. The molecule has 10 heteroatoms. The van der Waals surface area contributed by atoms with Gasteiger partial charge in [-0.25, -0.2) is 4.79 Å². The van der Waals surface area contributed by atoms with Crippen LogP contribution in [0.3, 0.4) is 0 Å². The van der Waals surface area contributed by atoms with Gasteiger partial charge in [-0.3, -0.25) is 9.48 Å². The van der Waals surface area contributed by atoms with Crippen molar-refractivity contribution < 1.29 is 27.8 Å². The van der Waals surface area contributed by atoms with Gasteiger partial charge in [-0.15, -0.1) is 0 Å². The molecule has 0 saturated heterocycles. The number of hydrogen-bond acceptors (Lipinski definition) is 4. The Labute approximate surface area is 181 Å². The van der Waals surface area contributed by atoms with E-state index < -0.39 is 30.6 Å². The number of pyridine rings is 1. The van der Waals surface area contributed by atoms with E-state index in [1.807, 2.05) is 20.8 Å². The summed E-state index contributed by atoms with van der Waals surface area (Å²) in [6.45, 7) is 5.86. The van der Waals surface area contributed by atoms with Crippen LogP contribution in [0.2, 0.25) is 0 Å². The van der Waals surface area contributed by atoms with Crippen molar-refractivity contribution in [3.63, 3.8) is 0 Å². The summed E-state index contributed by atoms with van der Waals surface area (Å²) in [5, 5.41) is 14.6. The number of alkyl halides is 3. The highest BCUT2D eigenvalue weighted by molar-refractivity contribution is 5.96. The minimum atomic E-state index is -4.33. The maximum Gasteiger partial charge on any atom is 0.392 e. The standard InChI is InChI=1S/C22H22F3N3O4/c1-21(2,3)17-11-28-19(14-9-15(29)13(20(30)31)10-27(14)17)12-5-4-6-16(18(12)26-28)32-8-7-22(23,24)25/h4-6,9-10,17H,7-8,11H2,1-3H3,(H,30,31). The van der Waals surface area contributed by atoms with Crippen LogP contribution in [0.4, 0.5) is 13.2 Å². The molecule has 2 aromatic heterocycles. The first-order chi connectivity index (χ1) is 14.9. The summed E-state index contributed by atoms with van der Waals surface area (Å²) in [7, 11) is 0. The van der Waals surface area contributed by atoms with E-state index in [4.69, 9.17) is 4.74 Å². The van der Waals surface area contributed by atoms with E-state index in [0.717, 1.165) is 0 Å². The Bertz CT molecular complexity index is 1270. The highest BCUT2D eigenvalue weighted by Gasteiger charge is 2.35. The number of aromatic nitrogens is 3. The highest BCUT2D eigenvalue weighted by Crippen LogP contribution is 2.43. The van der Waals surface area contributed by atoms with E-state index in [9.17, 15) is 27.9 Å². The lowest BCUT2D eigenvalue weighted by Gasteiger charge is -2.38. The van der Waals surface area contributed by atoms with Crippen molar-refractivity contribution in [1.82, 2.24) is 14.3 Å². The monoisotopic (exact) mass is 449 g/mol. The van der Waals surface area contributed by atoms with Crippen LogP contribution in [0, 0.1) is 5.41 Å². The molecule has 1 aliphatic rings. The summed E-state index contributed by atoms with van der Waals surface area (Å²) < 4.78 is 46.5. The van der Waals surface area contributed by atoms with E-state index in [1.54, 1.807) is 27.4 Å². The molecule has 32 heavy (non-hydrogen) atoms. The van der Waals surface area contributed by atoms with Gasteiger partial charge in [-0.1, -0.05) is 32.9 Å². The lowest BCUT2D eigenvalue weighted by atomic mass is 9.85. The topological polar surface area (TPSA) is 86.3 Å². The fraction of sp³-hybridized carbons (Fsp3) is 0.409. The maximum absolute atomic E-state index is 12.5. The van der Waals surface area contributed by atoms with Gasteiger partial charge in [0.05, 0.1) is 37.0 Å². The van der Waals surface area contributed by atoms with Crippen LogP contribution in [-0.4, -0.2) is 38.2 Å². The average molecular weight is 449 g/mol. The van der Waals surface area contributed by atoms with Crippen LogP contribution in [0.1, 0.15) is 43.6 Å². The quantitative estimate of drug-likeness (QED) is 0.634. The summed E-state index contributed by atoms with van der Waals surface area (Å²) in [5.74, 6) is -1.08. The number of hydrogen-bond donors (Lipinski definition) is 1. The first kappa shape index (κ1) is 21.9.